The molecule has 2 unspecified atom stereocenters. The Kier molecular flexibility index (Phi) is 14.0. The summed E-state index contributed by atoms with van der Waals surface area (Å²) in [4.78, 5) is 66.5. The lowest BCUT2D eigenvalue weighted by molar-refractivity contribution is -0.137. The van der Waals surface area contributed by atoms with Crippen molar-refractivity contribution in [2.75, 3.05) is 74.5 Å². The third kappa shape index (κ3) is 10.0. The van der Waals surface area contributed by atoms with Crippen molar-refractivity contribution in [1.82, 2.24) is 29.4 Å². The number of likely N-dealkylation sites (tertiary alicyclic amines) is 1. The Bertz CT molecular complexity index is 2800. The number of amides is 2. The van der Waals surface area contributed by atoms with Crippen LogP contribution >= 0.6 is 23.2 Å². The smallest absolute Gasteiger partial charge is 0.304 e. The van der Waals surface area contributed by atoms with Crippen molar-refractivity contribution < 1.29 is 37.1 Å². The molecule has 0 saturated carbocycles. The van der Waals surface area contributed by atoms with E-state index >= 15 is 0 Å². The number of benzene rings is 3. The zero-order chi connectivity index (χ0) is 48.6. The van der Waals surface area contributed by atoms with E-state index in [0.717, 1.165) is 55.8 Å². The van der Waals surface area contributed by atoms with Crippen LogP contribution in [0.1, 0.15) is 82.6 Å². The summed E-state index contributed by atoms with van der Waals surface area (Å²) < 4.78 is 42.7. The predicted molar refractivity (Wildman–Crippen MR) is 258 cm³/mol. The second-order valence-corrected chi connectivity index (χ2v) is 21.1. The highest BCUT2D eigenvalue weighted by atomic mass is 35.5. The molecular formula is C49H53Cl2N9O8S. The van der Waals surface area contributed by atoms with Gasteiger partial charge in [-0.3, -0.25) is 34.3 Å². The van der Waals surface area contributed by atoms with Gasteiger partial charge in [0.2, 0.25) is 17.8 Å². The van der Waals surface area contributed by atoms with Gasteiger partial charge in [-0.25, -0.2) is 14.7 Å². The van der Waals surface area contributed by atoms with Gasteiger partial charge in [0.1, 0.15) is 25.0 Å². The first-order valence-electron chi connectivity index (χ1n) is 23.2. The lowest BCUT2D eigenvalue weighted by Crippen LogP contribution is -2.62. The molecule has 3 aromatic carbocycles. The standard InChI is InChI=1S/C49H53Cl2N9O8S/c1-49(2,32-23-30(26-52)46(41(51)24-32)67-22-14-50)31-3-6-37(7-4-31)68-29-33-11-15-53-48(54-33)56-69(65,66)60-20-18-58(19-21-60)34-12-16-57(17-13-34)36-27-59(28-36)35-5-8-38-40(25-35)45(63)43(44(38)62)39-9-10-42(61)55-47(39)64/h3-8,11,15,23-25,34,36,39,43H,9-10,12-14,16-22,27-29H2,1-2H3,(H,53,54,56)(H,55,61,64). The number of anilines is 2. The number of hydrogen-bond donors (Lipinski definition) is 2. The van der Waals surface area contributed by atoms with Gasteiger partial charge in [-0.05, 0) is 78.9 Å². The zero-order valence-electron chi connectivity index (χ0n) is 38.3. The first-order chi connectivity index (χ1) is 33.1. The van der Waals surface area contributed by atoms with E-state index in [1.807, 2.05) is 44.2 Å². The predicted octanol–water partition coefficient (Wildman–Crippen LogP) is 5.20. The molecule has 0 spiro atoms. The number of Topliss-reactive ketones (excluding diaryl/α,β-unsaturated/α-hetero) is 2. The number of alkyl halides is 1. The molecule has 2 N–H and O–H groups in total. The molecule has 9 rings (SSSR count). The molecule has 4 aliphatic heterocycles. The molecule has 5 aliphatic rings. The number of carbonyl (C=O) groups excluding carboxylic acids is 4. The largest absolute Gasteiger partial charge is 0.489 e. The average Bonchev–Trinajstić information content (AvgIpc) is 3.57. The summed E-state index contributed by atoms with van der Waals surface area (Å²) in [6.45, 7) is 9.74. The number of nitriles is 1. The lowest BCUT2D eigenvalue weighted by Gasteiger charge is -2.50. The third-order valence-corrected chi connectivity index (χ3v) is 16.2. The van der Waals surface area contributed by atoms with E-state index in [1.165, 1.54) is 10.5 Å². The molecule has 1 aromatic heterocycles. The van der Waals surface area contributed by atoms with Gasteiger partial charge in [0.25, 0.3) is 0 Å². The van der Waals surface area contributed by atoms with E-state index in [0.29, 0.717) is 77.2 Å². The van der Waals surface area contributed by atoms with E-state index in [9.17, 15) is 32.9 Å². The lowest BCUT2D eigenvalue weighted by atomic mass is 9.77. The van der Waals surface area contributed by atoms with Gasteiger partial charge in [-0.2, -0.15) is 18.0 Å². The molecule has 2 atom stereocenters. The number of carbonyl (C=O) groups is 4. The third-order valence-electron chi connectivity index (χ3n) is 14.3. The Morgan fingerprint density at radius 3 is 2.26 bits per heavy atom. The number of piperazine rings is 1. The normalized spacial score (nSPS) is 21.1. The van der Waals surface area contributed by atoms with Gasteiger partial charge in [-0.1, -0.05) is 37.6 Å². The minimum atomic E-state index is -3.92. The average molecular weight is 999 g/mol. The molecule has 1 aliphatic carbocycles. The maximum atomic E-state index is 13.5. The number of nitrogens with zero attached hydrogens (tertiary/aromatic N) is 7. The first-order valence-corrected chi connectivity index (χ1v) is 25.5. The van der Waals surface area contributed by atoms with Crippen LogP contribution in [0.25, 0.3) is 0 Å². The molecule has 4 aromatic rings. The summed E-state index contributed by atoms with van der Waals surface area (Å²) in [5, 5.41) is 12.4. The molecule has 4 saturated heterocycles. The van der Waals surface area contributed by atoms with Crippen LogP contribution in [0.15, 0.2) is 66.9 Å². The first kappa shape index (κ1) is 48.3. The SMILES string of the molecule is CC(C)(c1ccc(OCc2ccnc(NS(=O)(=O)N3CCN(C4CCN(C5CN(c6ccc7c(c6)C(=O)C(C6CCC(=O)NC6=O)C7=O)C5)CC4)CC3)n2)cc1)c1cc(Cl)c(OCCCl)c(C#N)c1. The van der Waals surface area contributed by atoms with Crippen molar-refractivity contribution in [3.8, 4) is 17.6 Å². The van der Waals surface area contributed by atoms with Crippen molar-refractivity contribution in [2.45, 2.75) is 63.6 Å². The number of nitrogens with one attached hydrogen (secondary N) is 2. The van der Waals surface area contributed by atoms with Gasteiger partial charge in [-0.15, -0.1) is 11.6 Å². The molecule has 5 heterocycles. The van der Waals surface area contributed by atoms with Gasteiger partial charge < -0.3 is 14.4 Å². The van der Waals surface area contributed by atoms with E-state index in [1.54, 1.807) is 30.3 Å². The minimum Gasteiger partial charge on any atom is -0.489 e. The number of aromatic nitrogens is 2. The molecular weight excluding hydrogens is 946 g/mol. The molecule has 0 bridgehead atoms. The number of ether oxygens (including phenoxy) is 2. The number of rotatable bonds is 15. The highest BCUT2D eigenvalue weighted by Crippen LogP contribution is 2.40. The fourth-order valence-corrected chi connectivity index (χ4v) is 11.6. The van der Waals surface area contributed by atoms with E-state index in [2.05, 4.69) is 40.8 Å². The second kappa shape index (κ2) is 20.0. The van der Waals surface area contributed by atoms with E-state index in [-0.39, 0.29) is 55.4 Å². The van der Waals surface area contributed by atoms with Gasteiger partial charge in [0.05, 0.1) is 34.0 Å². The molecule has 2 amide bonds. The van der Waals surface area contributed by atoms with E-state index < -0.39 is 33.4 Å². The van der Waals surface area contributed by atoms with Crippen molar-refractivity contribution in [3.05, 3.63) is 105 Å². The molecule has 17 nitrogen and oxygen atoms in total. The summed E-state index contributed by atoms with van der Waals surface area (Å²) in [5.74, 6) is -2.40. The summed E-state index contributed by atoms with van der Waals surface area (Å²) >= 11 is 12.3. The molecule has 20 heteroatoms. The second-order valence-electron chi connectivity index (χ2n) is 18.7. The number of fused-ring (bicyclic) bond motifs is 1. The summed E-state index contributed by atoms with van der Waals surface area (Å²) in [6, 6.07) is 21.0. The Morgan fingerprint density at radius 2 is 1.57 bits per heavy atom. The number of piperidine rings is 2. The Hall–Kier alpha value is -5.68. The zero-order valence-corrected chi connectivity index (χ0v) is 40.7. The van der Waals surface area contributed by atoms with Crippen molar-refractivity contribution >= 4 is 68.4 Å². The topological polar surface area (TPSA) is 207 Å². The monoisotopic (exact) mass is 997 g/mol. The fourth-order valence-electron chi connectivity index (χ4n) is 10.1. The van der Waals surface area contributed by atoms with E-state index in [4.69, 9.17) is 32.7 Å². The maximum Gasteiger partial charge on any atom is 0.304 e. The molecule has 4 fully saturated rings. The van der Waals surface area contributed by atoms with Crippen LogP contribution in [0.3, 0.4) is 0 Å². The molecule has 362 valence electrons. The van der Waals surface area contributed by atoms with Gasteiger partial charge in [0.15, 0.2) is 17.3 Å². The van der Waals surface area contributed by atoms with Crippen LogP contribution in [0.4, 0.5) is 11.6 Å². The number of imide groups is 1. The Morgan fingerprint density at radius 1 is 0.855 bits per heavy atom. The molecule has 69 heavy (non-hydrogen) atoms. The van der Waals surface area contributed by atoms with Gasteiger partial charge >= 0.3 is 10.2 Å². The number of hydrogen-bond acceptors (Lipinski definition) is 14. The van der Waals surface area contributed by atoms with Crippen molar-refractivity contribution in [2.24, 2.45) is 11.8 Å². The number of ketones is 2. The summed E-state index contributed by atoms with van der Waals surface area (Å²) in [6.07, 6.45) is 3.75. The summed E-state index contributed by atoms with van der Waals surface area (Å²) in [5.41, 5.74) is 3.68. The highest BCUT2D eigenvalue weighted by molar-refractivity contribution is 7.90. The Balaban J connectivity index is 0.712. The maximum absolute atomic E-state index is 13.5. The van der Waals surface area contributed by atoms with Crippen molar-refractivity contribution in [3.63, 3.8) is 0 Å². The van der Waals surface area contributed by atoms with Crippen LogP contribution < -0.4 is 24.4 Å². The summed E-state index contributed by atoms with van der Waals surface area (Å²) in [7, 11) is -3.92. The van der Waals surface area contributed by atoms with Crippen molar-refractivity contribution in [1.29, 1.82) is 5.26 Å². The number of halogens is 2. The highest BCUT2D eigenvalue weighted by Gasteiger charge is 2.48. The van der Waals surface area contributed by atoms with Gasteiger partial charge in [0, 0.05) is 99.3 Å². The fraction of sp³-hybridized carbons (Fsp3) is 0.449. The van der Waals surface area contributed by atoms with Crippen LogP contribution in [-0.4, -0.2) is 133 Å². The quantitative estimate of drug-likeness (QED) is 0.0893. The Labute approximate surface area is 411 Å². The van der Waals surface area contributed by atoms with Crippen LogP contribution in [0.2, 0.25) is 5.02 Å². The van der Waals surface area contributed by atoms with Crippen LogP contribution in [-0.2, 0) is 31.8 Å². The van der Waals surface area contributed by atoms with Crippen LogP contribution in [0.5, 0.6) is 11.5 Å². The minimum absolute atomic E-state index is 0.0368. The molecule has 0 radical (unpaired) electrons. The van der Waals surface area contributed by atoms with Crippen LogP contribution in [0, 0.1) is 23.2 Å².